The fourth-order valence-electron chi connectivity index (χ4n) is 2.55. The van der Waals surface area contributed by atoms with Crippen LogP contribution in [0.2, 0.25) is 0 Å². The van der Waals surface area contributed by atoms with Gasteiger partial charge >= 0.3 is 0 Å². The summed E-state index contributed by atoms with van der Waals surface area (Å²) < 4.78 is 0. The van der Waals surface area contributed by atoms with Crippen LogP contribution in [0, 0.1) is 11.8 Å². The van der Waals surface area contributed by atoms with Gasteiger partial charge in [0.2, 0.25) is 0 Å². The van der Waals surface area contributed by atoms with Crippen molar-refractivity contribution in [2.24, 2.45) is 11.8 Å². The van der Waals surface area contributed by atoms with Gasteiger partial charge in [0.05, 0.1) is 0 Å². The van der Waals surface area contributed by atoms with E-state index in [1.165, 1.54) is 12.8 Å². The van der Waals surface area contributed by atoms with Crippen LogP contribution >= 0.6 is 0 Å². The third kappa shape index (κ3) is 1.79. The van der Waals surface area contributed by atoms with Gasteiger partial charge in [-0.1, -0.05) is 12.2 Å². The number of hydrogen-bond acceptors (Lipinski definition) is 2. The molecule has 4 atom stereocenters. The fourth-order valence-corrected chi connectivity index (χ4v) is 2.55. The zero-order valence-electron chi connectivity index (χ0n) is 8.24. The van der Waals surface area contributed by atoms with Crippen molar-refractivity contribution in [3.05, 3.63) is 12.2 Å². The Morgan fingerprint density at radius 2 is 2.46 bits per heavy atom. The molecule has 2 aliphatic carbocycles. The number of aliphatic hydroxyl groups is 1. The van der Waals surface area contributed by atoms with Gasteiger partial charge in [-0.2, -0.15) is 0 Å². The van der Waals surface area contributed by atoms with Gasteiger partial charge in [-0.15, -0.1) is 0 Å². The number of allylic oxidation sites excluding steroid dienone is 1. The van der Waals surface area contributed by atoms with Crippen LogP contribution in [-0.4, -0.2) is 23.8 Å². The number of aliphatic hydroxyl groups excluding tert-OH is 1. The first-order chi connectivity index (χ1) is 6.31. The van der Waals surface area contributed by atoms with Crippen molar-refractivity contribution in [1.82, 2.24) is 5.32 Å². The molecule has 1 saturated carbocycles. The minimum absolute atomic E-state index is 0.296. The summed E-state index contributed by atoms with van der Waals surface area (Å²) in [6.45, 7) is 2.45. The molecule has 2 nitrogen and oxygen atoms in total. The van der Waals surface area contributed by atoms with Gasteiger partial charge in [0, 0.05) is 18.7 Å². The van der Waals surface area contributed by atoms with Crippen LogP contribution < -0.4 is 5.32 Å². The molecule has 0 amide bonds. The van der Waals surface area contributed by atoms with E-state index in [0.29, 0.717) is 18.7 Å². The van der Waals surface area contributed by atoms with E-state index in [1.807, 2.05) is 0 Å². The maximum absolute atomic E-state index is 8.77. The predicted molar refractivity (Wildman–Crippen MR) is 53.4 cm³/mol. The Labute approximate surface area is 80.0 Å². The van der Waals surface area contributed by atoms with Gasteiger partial charge in [-0.25, -0.2) is 0 Å². The Balaban J connectivity index is 1.74. The van der Waals surface area contributed by atoms with Crippen LogP contribution in [0.15, 0.2) is 12.2 Å². The summed E-state index contributed by atoms with van der Waals surface area (Å²) in [5.41, 5.74) is 0. The summed E-state index contributed by atoms with van der Waals surface area (Å²) in [4.78, 5) is 0. The van der Waals surface area contributed by atoms with Crippen molar-refractivity contribution in [3.8, 4) is 0 Å². The second kappa shape index (κ2) is 3.81. The van der Waals surface area contributed by atoms with Crippen molar-refractivity contribution in [3.63, 3.8) is 0 Å². The van der Waals surface area contributed by atoms with E-state index in [-0.39, 0.29) is 0 Å². The molecule has 74 valence electrons. The highest BCUT2D eigenvalue weighted by Crippen LogP contribution is 2.42. The zero-order chi connectivity index (χ0) is 9.26. The fraction of sp³-hybridized carbons (Fsp3) is 0.818. The smallest absolute Gasteiger partial charge is 0.0445 e. The predicted octanol–water partition coefficient (Wildman–Crippen LogP) is 1.31. The van der Waals surface area contributed by atoms with Crippen LogP contribution in [0.25, 0.3) is 0 Å². The molecular formula is C11H19NO. The quantitative estimate of drug-likeness (QED) is 0.641. The van der Waals surface area contributed by atoms with Crippen LogP contribution in [0.1, 0.15) is 26.2 Å². The average molecular weight is 181 g/mol. The third-order valence-corrected chi connectivity index (χ3v) is 3.42. The van der Waals surface area contributed by atoms with Gasteiger partial charge in [0.1, 0.15) is 0 Å². The first-order valence-corrected chi connectivity index (χ1v) is 5.35. The minimum atomic E-state index is 0.296. The molecule has 4 unspecified atom stereocenters. The van der Waals surface area contributed by atoms with Crippen molar-refractivity contribution in [1.29, 1.82) is 0 Å². The number of rotatable bonds is 4. The lowest BCUT2D eigenvalue weighted by atomic mass is 9.71. The molecule has 0 heterocycles. The Morgan fingerprint density at radius 1 is 1.62 bits per heavy atom. The largest absolute Gasteiger partial charge is 0.396 e. The molecule has 0 aromatic rings. The zero-order valence-corrected chi connectivity index (χ0v) is 8.24. The number of fused-ring (bicyclic) bond motifs is 1. The van der Waals surface area contributed by atoms with E-state index < -0.39 is 0 Å². The van der Waals surface area contributed by atoms with E-state index in [2.05, 4.69) is 24.4 Å². The molecule has 0 aliphatic heterocycles. The molecule has 1 fully saturated rings. The van der Waals surface area contributed by atoms with Gasteiger partial charge < -0.3 is 10.4 Å². The van der Waals surface area contributed by atoms with E-state index in [1.54, 1.807) is 0 Å². The molecule has 2 rings (SSSR count). The molecule has 2 heteroatoms. The second-order valence-electron chi connectivity index (χ2n) is 4.42. The summed E-state index contributed by atoms with van der Waals surface area (Å²) in [5.74, 6) is 1.72. The van der Waals surface area contributed by atoms with E-state index in [0.717, 1.165) is 18.3 Å². The lowest BCUT2D eigenvalue weighted by Crippen LogP contribution is -2.51. The van der Waals surface area contributed by atoms with Crippen molar-refractivity contribution in [2.45, 2.75) is 38.3 Å². The van der Waals surface area contributed by atoms with Crippen molar-refractivity contribution >= 4 is 0 Å². The van der Waals surface area contributed by atoms with Gasteiger partial charge in [0.15, 0.2) is 0 Å². The highest BCUT2D eigenvalue weighted by molar-refractivity contribution is 5.13. The first-order valence-electron chi connectivity index (χ1n) is 5.35. The average Bonchev–Trinajstić information content (AvgIpc) is 2.43. The Hall–Kier alpha value is -0.340. The number of nitrogens with one attached hydrogen (secondary N) is 1. The molecule has 0 saturated heterocycles. The molecular weight excluding hydrogens is 162 g/mol. The summed E-state index contributed by atoms with van der Waals surface area (Å²) in [6.07, 6.45) is 8.16. The lowest BCUT2D eigenvalue weighted by molar-refractivity contribution is 0.145. The summed E-state index contributed by atoms with van der Waals surface area (Å²) in [7, 11) is 0. The standard InChI is InChI=1S/C11H19NO/c1-8(5-6-13)12-11-7-9-3-2-4-10(9)11/h2,4,8-13H,3,5-7H2,1H3. The van der Waals surface area contributed by atoms with Crippen molar-refractivity contribution < 1.29 is 5.11 Å². The Kier molecular flexibility index (Phi) is 2.70. The van der Waals surface area contributed by atoms with Gasteiger partial charge in [0.25, 0.3) is 0 Å². The Morgan fingerprint density at radius 3 is 3.15 bits per heavy atom. The molecule has 0 aromatic carbocycles. The molecule has 0 aromatic heterocycles. The Bertz CT molecular complexity index is 202. The summed E-state index contributed by atoms with van der Waals surface area (Å²) >= 11 is 0. The summed E-state index contributed by atoms with van der Waals surface area (Å²) in [5, 5.41) is 12.4. The monoisotopic (exact) mass is 181 g/mol. The SMILES string of the molecule is CC(CCO)NC1CC2CC=CC21. The molecule has 0 spiro atoms. The van der Waals surface area contributed by atoms with E-state index in [4.69, 9.17) is 5.11 Å². The van der Waals surface area contributed by atoms with E-state index >= 15 is 0 Å². The summed E-state index contributed by atoms with van der Waals surface area (Å²) in [6, 6.07) is 1.15. The molecule has 2 aliphatic rings. The van der Waals surface area contributed by atoms with Crippen LogP contribution in [-0.2, 0) is 0 Å². The first kappa shape index (κ1) is 9.22. The maximum atomic E-state index is 8.77. The highest BCUT2D eigenvalue weighted by atomic mass is 16.3. The van der Waals surface area contributed by atoms with Crippen LogP contribution in [0.3, 0.4) is 0 Å². The molecule has 0 radical (unpaired) electrons. The topological polar surface area (TPSA) is 32.3 Å². The third-order valence-electron chi connectivity index (χ3n) is 3.42. The van der Waals surface area contributed by atoms with Crippen LogP contribution in [0.5, 0.6) is 0 Å². The van der Waals surface area contributed by atoms with Crippen LogP contribution in [0.4, 0.5) is 0 Å². The molecule has 2 N–H and O–H groups in total. The van der Waals surface area contributed by atoms with Crippen molar-refractivity contribution in [2.75, 3.05) is 6.61 Å². The van der Waals surface area contributed by atoms with Gasteiger partial charge in [-0.05, 0) is 38.0 Å². The van der Waals surface area contributed by atoms with Gasteiger partial charge in [-0.3, -0.25) is 0 Å². The lowest BCUT2D eigenvalue weighted by Gasteiger charge is -2.42. The maximum Gasteiger partial charge on any atom is 0.0445 e. The second-order valence-corrected chi connectivity index (χ2v) is 4.42. The van der Waals surface area contributed by atoms with E-state index in [9.17, 15) is 0 Å². The molecule has 13 heavy (non-hydrogen) atoms. The minimum Gasteiger partial charge on any atom is -0.396 e. The normalized spacial score (nSPS) is 38.5. The number of hydrogen-bond donors (Lipinski definition) is 2. The molecule has 0 bridgehead atoms. The highest BCUT2D eigenvalue weighted by Gasteiger charge is 2.40.